The minimum atomic E-state index is 0.216. The fraction of sp³-hybridized carbons (Fsp3) is 0.455. The standard InChI is InChI=1S/C11H13N3O/c12-7-8-5-6-14-11(10(8)13)15-9-3-1-2-4-9/h5-6,9H,1-4,13H2. The molecule has 15 heavy (non-hydrogen) atoms. The summed E-state index contributed by atoms with van der Waals surface area (Å²) in [5, 5.41) is 8.79. The van der Waals surface area contributed by atoms with Gasteiger partial charge >= 0.3 is 0 Å². The summed E-state index contributed by atoms with van der Waals surface area (Å²) in [5.41, 5.74) is 6.54. The number of anilines is 1. The number of hydrogen-bond donors (Lipinski definition) is 1. The van der Waals surface area contributed by atoms with Crippen molar-refractivity contribution in [3.63, 3.8) is 0 Å². The van der Waals surface area contributed by atoms with Crippen LogP contribution in [0.15, 0.2) is 12.3 Å². The molecule has 0 aliphatic heterocycles. The third-order valence-electron chi connectivity index (χ3n) is 2.65. The summed E-state index contributed by atoms with van der Waals surface area (Å²) in [5.74, 6) is 0.404. The lowest BCUT2D eigenvalue weighted by molar-refractivity contribution is 0.203. The summed E-state index contributed by atoms with van der Waals surface area (Å²) in [6, 6.07) is 3.61. The Balaban J connectivity index is 2.17. The molecule has 0 radical (unpaired) electrons. The van der Waals surface area contributed by atoms with Gasteiger partial charge in [0.15, 0.2) is 0 Å². The van der Waals surface area contributed by atoms with E-state index in [0.29, 0.717) is 17.1 Å². The van der Waals surface area contributed by atoms with E-state index in [2.05, 4.69) is 4.98 Å². The molecular weight excluding hydrogens is 190 g/mol. The summed E-state index contributed by atoms with van der Waals surface area (Å²) in [4.78, 5) is 4.05. The summed E-state index contributed by atoms with van der Waals surface area (Å²) < 4.78 is 5.66. The van der Waals surface area contributed by atoms with Crippen molar-refractivity contribution in [3.05, 3.63) is 17.8 Å². The Morgan fingerprint density at radius 3 is 2.87 bits per heavy atom. The highest BCUT2D eigenvalue weighted by molar-refractivity contribution is 5.59. The Kier molecular flexibility index (Phi) is 2.72. The fourth-order valence-corrected chi connectivity index (χ4v) is 1.81. The zero-order valence-electron chi connectivity index (χ0n) is 8.44. The Morgan fingerprint density at radius 2 is 2.20 bits per heavy atom. The number of nitrogens with two attached hydrogens (primary N) is 1. The predicted molar refractivity (Wildman–Crippen MR) is 56.2 cm³/mol. The molecule has 1 aliphatic carbocycles. The van der Waals surface area contributed by atoms with Crippen LogP contribution in [0.1, 0.15) is 31.2 Å². The van der Waals surface area contributed by atoms with Gasteiger partial charge in [-0.05, 0) is 31.7 Å². The molecule has 0 saturated heterocycles. The summed E-state index contributed by atoms with van der Waals surface area (Å²) in [6.45, 7) is 0. The van der Waals surface area contributed by atoms with Crippen molar-refractivity contribution in [2.45, 2.75) is 31.8 Å². The van der Waals surface area contributed by atoms with Crippen LogP contribution in [0, 0.1) is 11.3 Å². The van der Waals surface area contributed by atoms with Gasteiger partial charge in [-0.3, -0.25) is 0 Å². The molecule has 1 aromatic heterocycles. The SMILES string of the molecule is N#Cc1ccnc(OC2CCCC2)c1N. The van der Waals surface area contributed by atoms with E-state index in [1.54, 1.807) is 12.3 Å². The topological polar surface area (TPSA) is 71.9 Å². The molecule has 1 aromatic rings. The Morgan fingerprint density at radius 1 is 1.47 bits per heavy atom. The number of hydrogen-bond acceptors (Lipinski definition) is 4. The van der Waals surface area contributed by atoms with E-state index in [-0.39, 0.29) is 6.10 Å². The van der Waals surface area contributed by atoms with E-state index < -0.39 is 0 Å². The maximum Gasteiger partial charge on any atom is 0.238 e. The zero-order valence-corrected chi connectivity index (χ0v) is 8.44. The predicted octanol–water partition coefficient (Wildman–Crippen LogP) is 1.86. The van der Waals surface area contributed by atoms with Gasteiger partial charge in [-0.2, -0.15) is 5.26 Å². The van der Waals surface area contributed by atoms with Gasteiger partial charge in [0.25, 0.3) is 0 Å². The molecule has 0 atom stereocenters. The Hall–Kier alpha value is -1.76. The first kappa shape index (κ1) is 9.78. The quantitative estimate of drug-likeness (QED) is 0.796. The van der Waals surface area contributed by atoms with Gasteiger partial charge < -0.3 is 10.5 Å². The molecule has 0 aromatic carbocycles. The summed E-state index contributed by atoms with van der Waals surface area (Å²) in [6.07, 6.45) is 6.27. The van der Waals surface area contributed by atoms with Crippen molar-refractivity contribution >= 4 is 5.69 Å². The van der Waals surface area contributed by atoms with Gasteiger partial charge in [-0.25, -0.2) is 4.98 Å². The van der Waals surface area contributed by atoms with Crippen LogP contribution in [0.4, 0.5) is 5.69 Å². The fourth-order valence-electron chi connectivity index (χ4n) is 1.81. The maximum atomic E-state index is 8.79. The minimum Gasteiger partial charge on any atom is -0.473 e. The number of nitrogen functional groups attached to an aromatic ring is 1. The number of nitrogens with zero attached hydrogens (tertiary/aromatic N) is 2. The van der Waals surface area contributed by atoms with Crippen LogP contribution in [0.5, 0.6) is 5.88 Å². The molecular formula is C11H13N3O. The molecule has 4 heteroatoms. The van der Waals surface area contributed by atoms with Crippen LogP contribution in [0.2, 0.25) is 0 Å². The van der Waals surface area contributed by atoms with Crippen molar-refractivity contribution < 1.29 is 4.74 Å². The largest absolute Gasteiger partial charge is 0.473 e. The lowest BCUT2D eigenvalue weighted by Crippen LogP contribution is -2.13. The molecule has 2 rings (SSSR count). The highest BCUT2D eigenvalue weighted by Gasteiger charge is 2.18. The Bertz CT molecular complexity index is 391. The van der Waals surface area contributed by atoms with Crippen LogP contribution >= 0.6 is 0 Å². The van der Waals surface area contributed by atoms with Crippen LogP contribution in [0.25, 0.3) is 0 Å². The maximum absolute atomic E-state index is 8.79. The molecule has 78 valence electrons. The second-order valence-corrected chi connectivity index (χ2v) is 3.71. The number of ether oxygens (including phenoxy) is 1. The minimum absolute atomic E-state index is 0.216. The van der Waals surface area contributed by atoms with Gasteiger partial charge in [-0.15, -0.1) is 0 Å². The van der Waals surface area contributed by atoms with Gasteiger partial charge in [-0.1, -0.05) is 0 Å². The van der Waals surface area contributed by atoms with E-state index in [1.807, 2.05) is 6.07 Å². The molecule has 0 bridgehead atoms. The highest BCUT2D eigenvalue weighted by atomic mass is 16.5. The highest BCUT2D eigenvalue weighted by Crippen LogP contribution is 2.27. The first-order valence-corrected chi connectivity index (χ1v) is 5.12. The van der Waals surface area contributed by atoms with Gasteiger partial charge in [0.1, 0.15) is 17.9 Å². The van der Waals surface area contributed by atoms with Crippen LogP contribution in [-0.2, 0) is 0 Å². The van der Waals surface area contributed by atoms with E-state index >= 15 is 0 Å². The zero-order chi connectivity index (χ0) is 10.7. The molecule has 1 fully saturated rings. The monoisotopic (exact) mass is 203 g/mol. The number of nitriles is 1. The summed E-state index contributed by atoms with van der Waals surface area (Å²) in [7, 11) is 0. The normalized spacial score (nSPS) is 16.2. The third-order valence-corrected chi connectivity index (χ3v) is 2.65. The molecule has 2 N–H and O–H groups in total. The van der Waals surface area contributed by atoms with E-state index in [9.17, 15) is 0 Å². The first-order valence-electron chi connectivity index (χ1n) is 5.12. The van der Waals surface area contributed by atoms with Crippen molar-refractivity contribution in [1.82, 2.24) is 4.98 Å². The van der Waals surface area contributed by atoms with Crippen molar-refractivity contribution in [3.8, 4) is 11.9 Å². The Labute approximate surface area is 88.7 Å². The second kappa shape index (κ2) is 4.18. The van der Waals surface area contributed by atoms with Crippen LogP contribution < -0.4 is 10.5 Å². The average Bonchev–Trinajstić information content (AvgIpc) is 2.74. The molecule has 0 amide bonds. The smallest absolute Gasteiger partial charge is 0.238 e. The van der Waals surface area contributed by atoms with E-state index in [4.69, 9.17) is 15.7 Å². The molecule has 0 spiro atoms. The van der Waals surface area contributed by atoms with E-state index in [0.717, 1.165) is 12.8 Å². The lowest BCUT2D eigenvalue weighted by atomic mass is 10.2. The molecule has 1 saturated carbocycles. The average molecular weight is 203 g/mol. The molecule has 4 nitrogen and oxygen atoms in total. The molecule has 0 unspecified atom stereocenters. The van der Waals surface area contributed by atoms with Crippen molar-refractivity contribution in [2.24, 2.45) is 0 Å². The number of rotatable bonds is 2. The third kappa shape index (κ3) is 2.01. The number of pyridine rings is 1. The summed E-state index contributed by atoms with van der Waals surface area (Å²) >= 11 is 0. The van der Waals surface area contributed by atoms with Crippen LogP contribution in [-0.4, -0.2) is 11.1 Å². The lowest BCUT2D eigenvalue weighted by Gasteiger charge is -2.13. The van der Waals surface area contributed by atoms with Gasteiger partial charge in [0, 0.05) is 6.20 Å². The second-order valence-electron chi connectivity index (χ2n) is 3.71. The molecule has 1 heterocycles. The van der Waals surface area contributed by atoms with Gasteiger partial charge in [0.2, 0.25) is 5.88 Å². The van der Waals surface area contributed by atoms with E-state index in [1.165, 1.54) is 12.8 Å². The molecule has 1 aliphatic rings. The van der Waals surface area contributed by atoms with Crippen molar-refractivity contribution in [2.75, 3.05) is 5.73 Å². The number of aromatic nitrogens is 1. The van der Waals surface area contributed by atoms with Gasteiger partial charge in [0.05, 0.1) is 5.56 Å². The van der Waals surface area contributed by atoms with Crippen molar-refractivity contribution in [1.29, 1.82) is 5.26 Å². The first-order chi connectivity index (χ1) is 7.31. The van der Waals surface area contributed by atoms with Crippen LogP contribution in [0.3, 0.4) is 0 Å².